The van der Waals surface area contributed by atoms with E-state index in [0.29, 0.717) is 12.4 Å². The summed E-state index contributed by atoms with van der Waals surface area (Å²) in [6.45, 7) is 6.30. The van der Waals surface area contributed by atoms with Crippen molar-refractivity contribution >= 4 is 10.1 Å². The molecule has 0 spiro atoms. The van der Waals surface area contributed by atoms with Gasteiger partial charge in [-0.25, -0.2) is 0 Å². The molecule has 2 rings (SSSR count). The summed E-state index contributed by atoms with van der Waals surface area (Å²) in [4.78, 5) is 0. The van der Waals surface area contributed by atoms with Crippen molar-refractivity contribution in [3.05, 3.63) is 23.8 Å². The Morgan fingerprint density at radius 3 is 2.68 bits per heavy atom. The Kier molecular flexibility index (Phi) is 3.49. The summed E-state index contributed by atoms with van der Waals surface area (Å²) in [5.41, 5.74) is 0.886. The van der Waals surface area contributed by atoms with Crippen molar-refractivity contribution in [1.82, 2.24) is 0 Å². The third-order valence-electron chi connectivity index (χ3n) is 3.23. The average Bonchev–Trinajstić information content (AvgIpc) is 2.51. The van der Waals surface area contributed by atoms with Gasteiger partial charge in [0.1, 0.15) is 11.5 Å². The van der Waals surface area contributed by atoms with E-state index in [0.717, 1.165) is 11.8 Å². The van der Waals surface area contributed by atoms with Gasteiger partial charge in [-0.2, -0.15) is 8.42 Å². The van der Waals surface area contributed by atoms with Crippen molar-refractivity contribution < 1.29 is 22.1 Å². The van der Waals surface area contributed by atoms with Gasteiger partial charge in [-0.1, -0.05) is 6.92 Å². The standard InChI is InChI=1S/C13H18O5S/c1-5-16-13(3)9(2)11-8-10(18-19(4,14)15)6-7-12(11)17-13/h6-9H,5H2,1-4H3. The monoisotopic (exact) mass is 286 g/mol. The molecule has 2 unspecified atom stereocenters. The highest BCUT2D eigenvalue weighted by molar-refractivity contribution is 7.86. The Morgan fingerprint density at radius 1 is 1.42 bits per heavy atom. The number of rotatable bonds is 4. The van der Waals surface area contributed by atoms with Crippen molar-refractivity contribution in [3.8, 4) is 11.5 Å². The molecule has 1 heterocycles. The van der Waals surface area contributed by atoms with Gasteiger partial charge in [0.2, 0.25) is 5.79 Å². The van der Waals surface area contributed by atoms with Crippen LogP contribution in [-0.2, 0) is 14.9 Å². The lowest BCUT2D eigenvalue weighted by Crippen LogP contribution is -2.36. The predicted molar refractivity (Wildman–Crippen MR) is 71.0 cm³/mol. The molecule has 0 aliphatic carbocycles. The van der Waals surface area contributed by atoms with Crippen LogP contribution in [0.1, 0.15) is 32.3 Å². The van der Waals surface area contributed by atoms with Gasteiger partial charge < -0.3 is 13.7 Å². The SMILES string of the molecule is CCOC1(C)Oc2ccc(OS(C)(=O)=O)cc2C1C. The van der Waals surface area contributed by atoms with Gasteiger partial charge in [0, 0.05) is 19.1 Å². The Balaban J connectivity index is 2.32. The zero-order valence-electron chi connectivity index (χ0n) is 11.5. The molecule has 0 saturated carbocycles. The number of hydrogen-bond acceptors (Lipinski definition) is 5. The molecule has 19 heavy (non-hydrogen) atoms. The fraction of sp³-hybridized carbons (Fsp3) is 0.538. The number of fused-ring (bicyclic) bond motifs is 1. The molecular weight excluding hydrogens is 268 g/mol. The van der Waals surface area contributed by atoms with Crippen LogP contribution in [-0.4, -0.2) is 27.1 Å². The highest BCUT2D eigenvalue weighted by atomic mass is 32.2. The molecule has 0 bridgehead atoms. The third kappa shape index (κ3) is 2.84. The van der Waals surface area contributed by atoms with Crippen LogP contribution in [0.3, 0.4) is 0 Å². The second-order valence-electron chi connectivity index (χ2n) is 4.76. The van der Waals surface area contributed by atoms with Crippen LogP contribution >= 0.6 is 0 Å². The summed E-state index contributed by atoms with van der Waals surface area (Å²) < 4.78 is 38.6. The van der Waals surface area contributed by atoms with Gasteiger partial charge in [0.05, 0.1) is 12.2 Å². The van der Waals surface area contributed by atoms with E-state index in [4.69, 9.17) is 13.7 Å². The first-order valence-electron chi connectivity index (χ1n) is 6.11. The molecule has 0 fully saturated rings. The van der Waals surface area contributed by atoms with E-state index in [2.05, 4.69) is 0 Å². The van der Waals surface area contributed by atoms with Crippen LogP contribution in [0.5, 0.6) is 11.5 Å². The quantitative estimate of drug-likeness (QED) is 0.795. The molecule has 1 aliphatic heterocycles. The van der Waals surface area contributed by atoms with E-state index in [9.17, 15) is 8.42 Å². The average molecular weight is 286 g/mol. The molecule has 5 nitrogen and oxygen atoms in total. The summed E-state index contributed by atoms with van der Waals surface area (Å²) in [6, 6.07) is 4.96. The predicted octanol–water partition coefficient (Wildman–Crippen LogP) is 2.27. The van der Waals surface area contributed by atoms with E-state index in [1.54, 1.807) is 18.2 Å². The van der Waals surface area contributed by atoms with Crippen LogP contribution in [0.4, 0.5) is 0 Å². The summed E-state index contributed by atoms with van der Waals surface area (Å²) in [6.07, 6.45) is 1.02. The fourth-order valence-corrected chi connectivity index (χ4v) is 2.67. The van der Waals surface area contributed by atoms with E-state index in [-0.39, 0.29) is 11.7 Å². The van der Waals surface area contributed by atoms with Gasteiger partial charge in [-0.3, -0.25) is 0 Å². The van der Waals surface area contributed by atoms with Crippen LogP contribution < -0.4 is 8.92 Å². The maximum atomic E-state index is 11.1. The van der Waals surface area contributed by atoms with Crippen LogP contribution in [0.15, 0.2) is 18.2 Å². The van der Waals surface area contributed by atoms with Crippen molar-refractivity contribution in [1.29, 1.82) is 0 Å². The smallest absolute Gasteiger partial charge is 0.306 e. The topological polar surface area (TPSA) is 61.8 Å². The lowest BCUT2D eigenvalue weighted by atomic mass is 9.95. The number of hydrogen-bond donors (Lipinski definition) is 0. The zero-order chi connectivity index (χ0) is 14.3. The maximum absolute atomic E-state index is 11.1. The third-order valence-corrected chi connectivity index (χ3v) is 3.72. The Bertz CT molecular complexity index is 581. The highest BCUT2D eigenvalue weighted by Gasteiger charge is 2.43. The lowest BCUT2D eigenvalue weighted by Gasteiger charge is -2.28. The van der Waals surface area contributed by atoms with Crippen LogP contribution in [0.25, 0.3) is 0 Å². The summed E-state index contributed by atoms with van der Waals surface area (Å²) in [7, 11) is -3.52. The van der Waals surface area contributed by atoms with E-state index < -0.39 is 15.9 Å². The molecule has 0 N–H and O–H groups in total. The molecule has 6 heteroatoms. The molecule has 0 amide bonds. The largest absolute Gasteiger partial charge is 0.462 e. The molecular formula is C13H18O5S. The lowest BCUT2D eigenvalue weighted by molar-refractivity contribution is -0.165. The van der Waals surface area contributed by atoms with Gasteiger partial charge in [-0.05, 0) is 25.1 Å². The van der Waals surface area contributed by atoms with E-state index >= 15 is 0 Å². The first-order valence-corrected chi connectivity index (χ1v) is 7.93. The molecule has 0 radical (unpaired) electrons. The van der Waals surface area contributed by atoms with Crippen molar-refractivity contribution in [2.24, 2.45) is 0 Å². The maximum Gasteiger partial charge on any atom is 0.306 e. The number of ether oxygens (including phenoxy) is 2. The van der Waals surface area contributed by atoms with Crippen molar-refractivity contribution in [3.63, 3.8) is 0 Å². The van der Waals surface area contributed by atoms with Gasteiger partial charge in [0.15, 0.2) is 0 Å². The normalized spacial score (nSPS) is 25.8. The molecule has 106 valence electrons. The van der Waals surface area contributed by atoms with Crippen molar-refractivity contribution in [2.75, 3.05) is 12.9 Å². The highest BCUT2D eigenvalue weighted by Crippen LogP contribution is 2.46. The van der Waals surface area contributed by atoms with E-state index in [1.807, 2.05) is 20.8 Å². The van der Waals surface area contributed by atoms with Gasteiger partial charge in [0.25, 0.3) is 0 Å². The Hall–Kier alpha value is -1.27. The minimum absolute atomic E-state index is 0.00874. The molecule has 0 aromatic heterocycles. The first-order chi connectivity index (χ1) is 8.75. The molecule has 1 aliphatic rings. The number of benzene rings is 1. The van der Waals surface area contributed by atoms with E-state index in [1.165, 1.54) is 0 Å². The molecule has 1 aromatic rings. The Morgan fingerprint density at radius 2 is 2.11 bits per heavy atom. The van der Waals surface area contributed by atoms with Crippen molar-refractivity contribution in [2.45, 2.75) is 32.5 Å². The fourth-order valence-electron chi connectivity index (χ4n) is 2.21. The molecule has 1 aromatic carbocycles. The second-order valence-corrected chi connectivity index (χ2v) is 6.33. The summed E-state index contributed by atoms with van der Waals surface area (Å²) in [5.74, 6) is 0.258. The second kappa shape index (κ2) is 4.68. The minimum atomic E-state index is -3.52. The van der Waals surface area contributed by atoms with Gasteiger partial charge in [-0.15, -0.1) is 0 Å². The first kappa shape index (κ1) is 14.1. The Labute approximate surface area is 113 Å². The minimum Gasteiger partial charge on any atom is -0.462 e. The summed E-state index contributed by atoms with van der Waals surface area (Å²) in [5, 5.41) is 0. The van der Waals surface area contributed by atoms with Gasteiger partial charge >= 0.3 is 10.1 Å². The van der Waals surface area contributed by atoms with Crippen LogP contribution in [0, 0.1) is 0 Å². The summed E-state index contributed by atoms with van der Waals surface area (Å²) >= 11 is 0. The molecule has 0 saturated heterocycles. The van der Waals surface area contributed by atoms with Crippen LogP contribution in [0.2, 0.25) is 0 Å². The molecule has 2 atom stereocenters. The zero-order valence-corrected chi connectivity index (χ0v) is 12.3.